The largest absolute Gasteiger partial charge is 0.371 e. The zero-order valence-electron chi connectivity index (χ0n) is 12.7. The van der Waals surface area contributed by atoms with Gasteiger partial charge in [-0.05, 0) is 38.3 Å². The SMILES string of the molecule is CN1CCN(C(=O)COCC2CCCCC2CN)CC1. The maximum atomic E-state index is 12.1. The van der Waals surface area contributed by atoms with Crippen LogP contribution in [-0.4, -0.2) is 68.7 Å². The third-order valence-corrected chi connectivity index (χ3v) is 4.78. The van der Waals surface area contributed by atoms with E-state index in [1.165, 1.54) is 25.7 Å². The highest BCUT2D eigenvalue weighted by Crippen LogP contribution is 2.29. The number of amides is 1. The molecule has 1 saturated heterocycles. The summed E-state index contributed by atoms with van der Waals surface area (Å²) in [5.41, 5.74) is 5.82. The van der Waals surface area contributed by atoms with E-state index in [4.69, 9.17) is 10.5 Å². The zero-order chi connectivity index (χ0) is 14.4. The summed E-state index contributed by atoms with van der Waals surface area (Å²) >= 11 is 0. The average molecular weight is 283 g/mol. The summed E-state index contributed by atoms with van der Waals surface area (Å²) in [6, 6.07) is 0. The molecule has 0 radical (unpaired) electrons. The first-order valence-electron chi connectivity index (χ1n) is 7.95. The summed E-state index contributed by atoms with van der Waals surface area (Å²) < 4.78 is 5.69. The number of hydrogen-bond acceptors (Lipinski definition) is 4. The fourth-order valence-electron chi connectivity index (χ4n) is 3.26. The Bertz CT molecular complexity index is 303. The molecule has 2 atom stereocenters. The molecule has 0 aromatic rings. The maximum Gasteiger partial charge on any atom is 0.248 e. The number of carbonyl (C=O) groups excluding carboxylic acids is 1. The number of piperazine rings is 1. The molecule has 0 spiro atoms. The fourth-order valence-corrected chi connectivity index (χ4v) is 3.26. The Kier molecular flexibility index (Phi) is 6.26. The lowest BCUT2D eigenvalue weighted by atomic mass is 9.80. The molecule has 2 unspecified atom stereocenters. The molecular weight excluding hydrogens is 254 g/mol. The lowest BCUT2D eigenvalue weighted by molar-refractivity contribution is -0.138. The summed E-state index contributed by atoms with van der Waals surface area (Å²) in [6.45, 7) is 5.26. The number of carbonyl (C=O) groups is 1. The third kappa shape index (κ3) is 4.43. The molecule has 5 nitrogen and oxygen atoms in total. The minimum atomic E-state index is 0.137. The third-order valence-electron chi connectivity index (χ3n) is 4.78. The summed E-state index contributed by atoms with van der Waals surface area (Å²) in [5, 5.41) is 0. The molecule has 1 amide bonds. The molecule has 2 N–H and O–H groups in total. The molecular formula is C15H29N3O2. The lowest BCUT2D eigenvalue weighted by Crippen LogP contribution is -2.48. The van der Waals surface area contributed by atoms with Crippen molar-refractivity contribution in [2.45, 2.75) is 25.7 Å². The van der Waals surface area contributed by atoms with Gasteiger partial charge < -0.3 is 20.3 Å². The van der Waals surface area contributed by atoms with Crippen LogP contribution in [0.5, 0.6) is 0 Å². The van der Waals surface area contributed by atoms with E-state index in [2.05, 4.69) is 11.9 Å². The first kappa shape index (κ1) is 15.7. The summed E-state index contributed by atoms with van der Waals surface area (Å²) in [4.78, 5) is 16.2. The Morgan fingerprint density at radius 2 is 1.80 bits per heavy atom. The molecule has 1 aliphatic heterocycles. The van der Waals surface area contributed by atoms with Gasteiger partial charge in [0.25, 0.3) is 0 Å². The number of nitrogens with two attached hydrogens (primary N) is 1. The molecule has 1 heterocycles. The van der Waals surface area contributed by atoms with Gasteiger partial charge in [-0.2, -0.15) is 0 Å². The summed E-state index contributed by atoms with van der Waals surface area (Å²) in [5.74, 6) is 1.27. The first-order valence-corrected chi connectivity index (χ1v) is 7.95. The van der Waals surface area contributed by atoms with Crippen LogP contribution in [0, 0.1) is 11.8 Å². The highest BCUT2D eigenvalue weighted by molar-refractivity contribution is 5.77. The molecule has 1 aliphatic carbocycles. The zero-order valence-corrected chi connectivity index (χ0v) is 12.7. The second-order valence-electron chi connectivity index (χ2n) is 6.24. The number of nitrogens with zero attached hydrogens (tertiary/aromatic N) is 2. The first-order chi connectivity index (χ1) is 9.70. The van der Waals surface area contributed by atoms with E-state index in [1.807, 2.05) is 4.90 Å². The smallest absolute Gasteiger partial charge is 0.248 e. The Hall–Kier alpha value is -0.650. The van der Waals surface area contributed by atoms with E-state index >= 15 is 0 Å². The van der Waals surface area contributed by atoms with Crippen LogP contribution in [0.2, 0.25) is 0 Å². The van der Waals surface area contributed by atoms with Crippen LogP contribution < -0.4 is 5.73 Å². The van der Waals surface area contributed by atoms with Gasteiger partial charge in [0.2, 0.25) is 5.91 Å². The average Bonchev–Trinajstić information content (AvgIpc) is 2.48. The molecule has 1 saturated carbocycles. The van der Waals surface area contributed by atoms with Crippen molar-refractivity contribution in [1.29, 1.82) is 0 Å². The highest BCUT2D eigenvalue weighted by Gasteiger charge is 2.25. The predicted molar refractivity (Wildman–Crippen MR) is 79.4 cm³/mol. The molecule has 5 heteroatoms. The second-order valence-corrected chi connectivity index (χ2v) is 6.24. The van der Waals surface area contributed by atoms with Crippen LogP contribution in [0.4, 0.5) is 0 Å². The predicted octanol–water partition coefficient (Wildman–Crippen LogP) is 0.542. The van der Waals surface area contributed by atoms with E-state index in [1.54, 1.807) is 0 Å². The minimum Gasteiger partial charge on any atom is -0.371 e. The van der Waals surface area contributed by atoms with Crippen molar-refractivity contribution < 1.29 is 9.53 Å². The topological polar surface area (TPSA) is 58.8 Å². The molecule has 2 rings (SSSR count). The van der Waals surface area contributed by atoms with Crippen LogP contribution in [0.15, 0.2) is 0 Å². The standard InChI is InChI=1S/C15H29N3O2/c1-17-6-8-18(9-7-17)15(19)12-20-11-14-5-3-2-4-13(14)10-16/h13-14H,2-12,16H2,1H3. The van der Waals surface area contributed by atoms with Gasteiger partial charge in [-0.3, -0.25) is 4.79 Å². The van der Waals surface area contributed by atoms with E-state index in [0.717, 1.165) is 32.7 Å². The van der Waals surface area contributed by atoms with Crippen molar-refractivity contribution in [3.8, 4) is 0 Å². The van der Waals surface area contributed by atoms with Crippen molar-refractivity contribution in [2.75, 3.05) is 53.0 Å². The van der Waals surface area contributed by atoms with Gasteiger partial charge in [0.15, 0.2) is 0 Å². The fraction of sp³-hybridized carbons (Fsp3) is 0.933. The second kappa shape index (κ2) is 7.96. The van der Waals surface area contributed by atoms with Crippen molar-refractivity contribution in [2.24, 2.45) is 17.6 Å². The van der Waals surface area contributed by atoms with Gasteiger partial charge in [0.1, 0.15) is 6.61 Å². The molecule has 20 heavy (non-hydrogen) atoms. The van der Waals surface area contributed by atoms with E-state index in [9.17, 15) is 4.79 Å². The van der Waals surface area contributed by atoms with Gasteiger partial charge in [0.05, 0.1) is 6.61 Å². The lowest BCUT2D eigenvalue weighted by Gasteiger charge is -2.33. The Balaban J connectivity index is 1.65. The number of hydrogen-bond donors (Lipinski definition) is 1. The normalized spacial score (nSPS) is 28.6. The van der Waals surface area contributed by atoms with E-state index in [0.29, 0.717) is 18.4 Å². The van der Waals surface area contributed by atoms with Gasteiger partial charge in [-0.1, -0.05) is 12.8 Å². The van der Waals surface area contributed by atoms with E-state index < -0.39 is 0 Å². The Labute approximate surface area is 122 Å². The van der Waals surface area contributed by atoms with Gasteiger partial charge in [0, 0.05) is 26.2 Å². The van der Waals surface area contributed by atoms with Gasteiger partial charge in [-0.15, -0.1) is 0 Å². The number of ether oxygens (including phenoxy) is 1. The molecule has 0 aromatic carbocycles. The molecule has 0 bridgehead atoms. The van der Waals surface area contributed by atoms with Crippen LogP contribution >= 0.6 is 0 Å². The monoisotopic (exact) mass is 283 g/mol. The van der Waals surface area contributed by atoms with Crippen molar-refractivity contribution in [1.82, 2.24) is 9.80 Å². The highest BCUT2D eigenvalue weighted by atomic mass is 16.5. The molecule has 2 fully saturated rings. The number of likely N-dealkylation sites (N-methyl/N-ethyl adjacent to an activating group) is 1. The Morgan fingerprint density at radius 1 is 1.15 bits per heavy atom. The quantitative estimate of drug-likeness (QED) is 0.800. The number of rotatable bonds is 5. The summed E-state index contributed by atoms with van der Waals surface area (Å²) in [7, 11) is 2.09. The maximum absolute atomic E-state index is 12.1. The Morgan fingerprint density at radius 3 is 2.45 bits per heavy atom. The van der Waals surface area contributed by atoms with Crippen LogP contribution in [0.1, 0.15) is 25.7 Å². The minimum absolute atomic E-state index is 0.137. The summed E-state index contributed by atoms with van der Waals surface area (Å²) in [6.07, 6.45) is 4.98. The molecule has 2 aliphatic rings. The van der Waals surface area contributed by atoms with Crippen molar-refractivity contribution in [3.63, 3.8) is 0 Å². The van der Waals surface area contributed by atoms with Gasteiger partial charge >= 0.3 is 0 Å². The van der Waals surface area contributed by atoms with Gasteiger partial charge in [-0.25, -0.2) is 0 Å². The van der Waals surface area contributed by atoms with Crippen molar-refractivity contribution >= 4 is 5.91 Å². The van der Waals surface area contributed by atoms with Crippen LogP contribution in [0.25, 0.3) is 0 Å². The van der Waals surface area contributed by atoms with E-state index in [-0.39, 0.29) is 12.5 Å². The molecule has 0 aromatic heterocycles. The van der Waals surface area contributed by atoms with Crippen molar-refractivity contribution in [3.05, 3.63) is 0 Å². The van der Waals surface area contributed by atoms with Crippen LogP contribution in [-0.2, 0) is 9.53 Å². The van der Waals surface area contributed by atoms with Crippen LogP contribution in [0.3, 0.4) is 0 Å². The molecule has 116 valence electrons.